The number of ketones is 1. The van der Waals surface area contributed by atoms with Gasteiger partial charge in [0.2, 0.25) is 5.91 Å². The number of aryl methyl sites for hydroxylation is 1. The molecule has 0 saturated heterocycles. The Morgan fingerprint density at radius 1 is 1.25 bits per heavy atom. The lowest BCUT2D eigenvalue weighted by Gasteiger charge is -2.13. The smallest absolute Gasteiger partial charge is 0.230 e. The van der Waals surface area contributed by atoms with Crippen molar-refractivity contribution in [3.63, 3.8) is 0 Å². The summed E-state index contributed by atoms with van der Waals surface area (Å²) in [5.41, 5.74) is 2.21. The first-order valence-corrected chi connectivity index (χ1v) is 10.9. The quantitative estimate of drug-likeness (QED) is 0.426. The Morgan fingerprint density at radius 3 is 2.82 bits per heavy atom. The second kappa shape index (κ2) is 9.66. The number of nitrogens with zero attached hydrogens (tertiary/aromatic N) is 3. The number of aromatic nitrogens is 3. The summed E-state index contributed by atoms with van der Waals surface area (Å²) in [6.45, 7) is 3.94. The van der Waals surface area contributed by atoms with Crippen molar-refractivity contribution in [2.75, 3.05) is 5.75 Å². The molecule has 0 unspecified atom stereocenters. The highest BCUT2D eigenvalue weighted by Crippen LogP contribution is 2.22. The summed E-state index contributed by atoms with van der Waals surface area (Å²) in [6, 6.07) is 11.5. The Morgan fingerprint density at radius 2 is 2.07 bits per heavy atom. The summed E-state index contributed by atoms with van der Waals surface area (Å²) in [5.74, 6) is 0.131. The SMILES string of the molecule is CCc1ccccc1-n1cnnc1SCC(=O)N[C@@H](C)CC(=O)c1cccs1. The Kier molecular flexibility index (Phi) is 7.00. The lowest BCUT2D eigenvalue weighted by atomic mass is 10.1. The van der Waals surface area contributed by atoms with Gasteiger partial charge in [-0.05, 0) is 36.4 Å². The second-order valence-corrected chi connectivity index (χ2v) is 8.22. The summed E-state index contributed by atoms with van der Waals surface area (Å²) in [6.07, 6.45) is 2.85. The van der Waals surface area contributed by atoms with Crippen molar-refractivity contribution >= 4 is 34.8 Å². The van der Waals surface area contributed by atoms with Gasteiger partial charge >= 0.3 is 0 Å². The Bertz CT molecular complexity index is 937. The van der Waals surface area contributed by atoms with Crippen molar-refractivity contribution in [3.8, 4) is 5.69 Å². The fourth-order valence-electron chi connectivity index (χ4n) is 2.85. The molecule has 8 heteroatoms. The van der Waals surface area contributed by atoms with Gasteiger partial charge in [-0.25, -0.2) is 0 Å². The monoisotopic (exact) mass is 414 g/mol. The van der Waals surface area contributed by atoms with E-state index in [1.807, 2.05) is 41.1 Å². The molecule has 0 aliphatic rings. The molecular weight excluding hydrogens is 392 g/mol. The molecule has 0 saturated carbocycles. The predicted molar refractivity (Wildman–Crippen MR) is 112 cm³/mol. The number of para-hydroxylation sites is 1. The van der Waals surface area contributed by atoms with Crippen LogP contribution in [0.5, 0.6) is 0 Å². The highest BCUT2D eigenvalue weighted by molar-refractivity contribution is 7.99. The zero-order chi connectivity index (χ0) is 19.9. The molecule has 1 amide bonds. The number of carbonyl (C=O) groups excluding carboxylic acids is 2. The van der Waals surface area contributed by atoms with Crippen LogP contribution in [0, 0.1) is 0 Å². The minimum atomic E-state index is -0.221. The summed E-state index contributed by atoms with van der Waals surface area (Å²) in [7, 11) is 0. The number of hydrogen-bond donors (Lipinski definition) is 1. The van der Waals surface area contributed by atoms with E-state index in [0.717, 1.165) is 17.0 Å². The van der Waals surface area contributed by atoms with Gasteiger partial charge in [0.15, 0.2) is 10.9 Å². The summed E-state index contributed by atoms with van der Waals surface area (Å²) >= 11 is 2.75. The van der Waals surface area contributed by atoms with Gasteiger partial charge in [0, 0.05) is 12.5 Å². The van der Waals surface area contributed by atoms with Crippen molar-refractivity contribution in [1.82, 2.24) is 20.1 Å². The lowest BCUT2D eigenvalue weighted by Crippen LogP contribution is -2.35. The molecule has 0 fully saturated rings. The third-order valence-corrected chi connectivity index (χ3v) is 6.03. The lowest BCUT2D eigenvalue weighted by molar-refractivity contribution is -0.119. The number of nitrogens with one attached hydrogen (secondary N) is 1. The zero-order valence-corrected chi connectivity index (χ0v) is 17.4. The van der Waals surface area contributed by atoms with Crippen LogP contribution in [0.3, 0.4) is 0 Å². The number of carbonyl (C=O) groups is 2. The highest BCUT2D eigenvalue weighted by atomic mass is 32.2. The fourth-order valence-corrected chi connectivity index (χ4v) is 4.26. The molecule has 3 rings (SSSR count). The van der Waals surface area contributed by atoms with Crippen LogP contribution in [-0.2, 0) is 11.2 Å². The molecule has 28 heavy (non-hydrogen) atoms. The van der Waals surface area contributed by atoms with Crippen LogP contribution in [0.4, 0.5) is 0 Å². The van der Waals surface area contributed by atoms with Gasteiger partial charge in [-0.3, -0.25) is 14.2 Å². The number of thioether (sulfide) groups is 1. The standard InChI is InChI=1S/C20H22N4O2S2/c1-3-15-7-4-5-8-16(15)24-13-21-23-20(24)28-12-19(26)22-14(2)11-17(25)18-9-6-10-27-18/h4-10,13-14H,3,11-12H2,1-2H3,(H,22,26)/t14-/m0/s1. The summed E-state index contributed by atoms with van der Waals surface area (Å²) in [5, 5.41) is 13.6. The Balaban J connectivity index is 1.55. The van der Waals surface area contributed by atoms with Gasteiger partial charge in [0.25, 0.3) is 0 Å². The molecule has 0 aliphatic carbocycles. The molecule has 3 aromatic rings. The molecule has 1 atom stereocenters. The van der Waals surface area contributed by atoms with E-state index >= 15 is 0 Å². The molecule has 1 aromatic carbocycles. The van der Waals surface area contributed by atoms with Crippen LogP contribution in [0.2, 0.25) is 0 Å². The van der Waals surface area contributed by atoms with Crippen LogP contribution in [0.25, 0.3) is 5.69 Å². The van der Waals surface area contributed by atoms with Crippen molar-refractivity contribution in [3.05, 3.63) is 58.5 Å². The third kappa shape index (κ3) is 5.08. The van der Waals surface area contributed by atoms with E-state index in [2.05, 4.69) is 28.5 Å². The molecule has 0 aliphatic heterocycles. The van der Waals surface area contributed by atoms with Crippen LogP contribution >= 0.6 is 23.1 Å². The van der Waals surface area contributed by atoms with Crippen LogP contribution in [0.15, 0.2) is 53.3 Å². The zero-order valence-electron chi connectivity index (χ0n) is 15.8. The van der Waals surface area contributed by atoms with Crippen molar-refractivity contribution in [2.24, 2.45) is 0 Å². The van der Waals surface area contributed by atoms with E-state index in [1.165, 1.54) is 28.7 Å². The number of amides is 1. The van der Waals surface area contributed by atoms with Crippen LogP contribution < -0.4 is 5.32 Å². The van der Waals surface area contributed by atoms with Gasteiger partial charge in [0.1, 0.15) is 6.33 Å². The normalized spacial score (nSPS) is 11.9. The number of Topliss-reactive ketones (excluding diaryl/α,β-unsaturated/α-hetero) is 1. The minimum absolute atomic E-state index is 0.0476. The van der Waals surface area contributed by atoms with Gasteiger partial charge in [0.05, 0.1) is 16.3 Å². The first-order chi connectivity index (χ1) is 13.6. The minimum Gasteiger partial charge on any atom is -0.352 e. The molecule has 0 radical (unpaired) electrons. The summed E-state index contributed by atoms with van der Waals surface area (Å²) < 4.78 is 1.90. The maximum atomic E-state index is 12.3. The first kappa shape index (κ1) is 20.3. The van der Waals surface area contributed by atoms with Crippen molar-refractivity contribution in [2.45, 2.75) is 37.9 Å². The Hall–Kier alpha value is -2.45. The molecule has 2 aromatic heterocycles. The Labute approximate surface area is 172 Å². The van der Waals surface area contributed by atoms with Gasteiger partial charge in [-0.15, -0.1) is 21.5 Å². The second-order valence-electron chi connectivity index (χ2n) is 6.33. The summed E-state index contributed by atoms with van der Waals surface area (Å²) in [4.78, 5) is 25.1. The average molecular weight is 415 g/mol. The number of thiophene rings is 1. The molecular formula is C20H22N4O2S2. The molecule has 0 spiro atoms. The maximum absolute atomic E-state index is 12.3. The van der Waals surface area contributed by atoms with Gasteiger partial charge in [-0.1, -0.05) is 43.0 Å². The third-order valence-electron chi connectivity index (χ3n) is 4.18. The molecule has 6 nitrogen and oxygen atoms in total. The van der Waals surface area contributed by atoms with Crippen molar-refractivity contribution < 1.29 is 9.59 Å². The van der Waals surface area contributed by atoms with E-state index in [1.54, 1.807) is 12.4 Å². The number of hydrogen-bond acceptors (Lipinski definition) is 6. The molecule has 0 bridgehead atoms. The van der Waals surface area contributed by atoms with E-state index in [9.17, 15) is 9.59 Å². The molecule has 1 N–H and O–H groups in total. The molecule has 2 heterocycles. The molecule has 146 valence electrons. The van der Waals surface area contributed by atoms with Crippen LogP contribution in [0.1, 0.15) is 35.5 Å². The van der Waals surface area contributed by atoms with E-state index in [0.29, 0.717) is 5.16 Å². The van der Waals surface area contributed by atoms with Crippen LogP contribution in [-0.4, -0.2) is 38.2 Å². The number of rotatable bonds is 9. The van der Waals surface area contributed by atoms with Crippen molar-refractivity contribution in [1.29, 1.82) is 0 Å². The largest absolute Gasteiger partial charge is 0.352 e. The van der Waals surface area contributed by atoms with E-state index in [-0.39, 0.29) is 29.9 Å². The van der Waals surface area contributed by atoms with E-state index in [4.69, 9.17) is 0 Å². The van der Waals surface area contributed by atoms with Gasteiger partial charge in [-0.2, -0.15) is 0 Å². The predicted octanol–water partition coefficient (Wildman–Crippen LogP) is 3.76. The maximum Gasteiger partial charge on any atom is 0.230 e. The topological polar surface area (TPSA) is 76.9 Å². The van der Waals surface area contributed by atoms with Gasteiger partial charge < -0.3 is 5.32 Å². The fraction of sp³-hybridized carbons (Fsp3) is 0.300. The highest BCUT2D eigenvalue weighted by Gasteiger charge is 2.16. The number of benzene rings is 1. The average Bonchev–Trinajstić information content (AvgIpc) is 3.38. The first-order valence-electron chi connectivity index (χ1n) is 9.05. The van der Waals surface area contributed by atoms with E-state index < -0.39 is 0 Å².